The third-order valence-corrected chi connectivity index (χ3v) is 5.32. The van der Waals surface area contributed by atoms with Crippen molar-refractivity contribution in [3.63, 3.8) is 0 Å². The van der Waals surface area contributed by atoms with Crippen LogP contribution in [0.2, 0.25) is 0 Å². The highest BCUT2D eigenvalue weighted by molar-refractivity contribution is 6.11. The monoisotopic (exact) mass is 369 g/mol. The second-order valence-corrected chi connectivity index (χ2v) is 7.11. The summed E-state index contributed by atoms with van der Waals surface area (Å²) in [7, 11) is 1.37. The molecule has 2 aliphatic rings. The number of hydrogen-bond donors (Lipinski definition) is 0. The third kappa shape index (κ3) is 3.82. The molecule has 3 rings (SSSR count). The fourth-order valence-corrected chi connectivity index (χ4v) is 4.03. The Morgan fingerprint density at radius 3 is 2.74 bits per heavy atom. The number of carbonyl (C=O) groups excluding carboxylic acids is 2. The van der Waals surface area contributed by atoms with Crippen LogP contribution in [0.3, 0.4) is 0 Å². The highest BCUT2D eigenvalue weighted by atomic mass is 16.5. The van der Waals surface area contributed by atoms with Gasteiger partial charge in [-0.15, -0.1) is 0 Å². The molecule has 0 bridgehead atoms. The van der Waals surface area contributed by atoms with Gasteiger partial charge in [-0.25, -0.2) is 4.79 Å². The van der Waals surface area contributed by atoms with Crippen LogP contribution in [-0.4, -0.2) is 31.2 Å². The van der Waals surface area contributed by atoms with Gasteiger partial charge in [-0.05, 0) is 32.3 Å². The van der Waals surface area contributed by atoms with Crippen LogP contribution in [0.15, 0.2) is 40.5 Å². The Labute approximate surface area is 160 Å². The third-order valence-electron chi connectivity index (χ3n) is 5.32. The lowest BCUT2D eigenvalue weighted by molar-refractivity contribution is -0.136. The number of unbranched alkanes of at least 4 members (excludes halogenated alkanes) is 1. The molecule has 1 heterocycles. The van der Waals surface area contributed by atoms with Crippen LogP contribution in [0.5, 0.6) is 5.75 Å². The fourth-order valence-electron chi connectivity index (χ4n) is 4.03. The first-order valence-corrected chi connectivity index (χ1v) is 9.69. The average Bonchev–Trinajstić information content (AvgIpc) is 2.67. The molecule has 1 aromatic carbocycles. The lowest BCUT2D eigenvalue weighted by Crippen LogP contribution is -2.39. The normalized spacial score (nSPS) is 22.2. The SMILES string of the molecule is CCCCOc1ccccc1C1C(C(=O)OC)=C(C)N=C2CCCC(=O)C21. The molecule has 5 heteroatoms. The Morgan fingerprint density at radius 1 is 1.22 bits per heavy atom. The highest BCUT2D eigenvalue weighted by Gasteiger charge is 2.44. The zero-order chi connectivity index (χ0) is 19.4. The van der Waals surface area contributed by atoms with Crippen molar-refractivity contribution < 1.29 is 19.1 Å². The number of para-hydroxylation sites is 1. The van der Waals surface area contributed by atoms with Crippen LogP contribution < -0.4 is 4.74 Å². The van der Waals surface area contributed by atoms with E-state index in [0.29, 0.717) is 24.3 Å². The summed E-state index contributed by atoms with van der Waals surface area (Å²) in [4.78, 5) is 30.1. The van der Waals surface area contributed by atoms with Crippen LogP contribution in [0.25, 0.3) is 0 Å². The van der Waals surface area contributed by atoms with Gasteiger partial charge in [0.25, 0.3) is 0 Å². The minimum atomic E-state index is -0.429. The maximum absolute atomic E-state index is 12.9. The van der Waals surface area contributed by atoms with Crippen molar-refractivity contribution in [2.45, 2.75) is 51.9 Å². The number of carbonyl (C=O) groups is 2. The van der Waals surface area contributed by atoms with Gasteiger partial charge in [-0.3, -0.25) is 9.79 Å². The van der Waals surface area contributed by atoms with E-state index >= 15 is 0 Å². The first kappa shape index (κ1) is 19.3. The number of nitrogens with zero attached hydrogens (tertiary/aromatic N) is 1. The predicted octanol–water partition coefficient (Wildman–Crippen LogP) is 4.22. The highest BCUT2D eigenvalue weighted by Crippen LogP contribution is 2.45. The number of hydrogen-bond acceptors (Lipinski definition) is 5. The number of ether oxygens (including phenoxy) is 2. The predicted molar refractivity (Wildman–Crippen MR) is 104 cm³/mol. The van der Waals surface area contributed by atoms with Crippen LogP contribution >= 0.6 is 0 Å². The molecule has 0 amide bonds. The second-order valence-electron chi connectivity index (χ2n) is 7.11. The van der Waals surface area contributed by atoms with Crippen LogP contribution in [-0.2, 0) is 14.3 Å². The Hall–Kier alpha value is -2.43. The van der Waals surface area contributed by atoms with Crippen LogP contribution in [0.1, 0.15) is 57.4 Å². The Bertz CT molecular complexity index is 793. The van der Waals surface area contributed by atoms with E-state index < -0.39 is 17.8 Å². The van der Waals surface area contributed by atoms with Crippen molar-refractivity contribution in [2.24, 2.45) is 10.9 Å². The van der Waals surface area contributed by atoms with Crippen molar-refractivity contribution in [3.05, 3.63) is 41.1 Å². The minimum Gasteiger partial charge on any atom is -0.493 e. The topological polar surface area (TPSA) is 65.0 Å². The molecule has 1 aromatic rings. The molecule has 0 radical (unpaired) electrons. The van der Waals surface area contributed by atoms with E-state index in [1.807, 2.05) is 31.2 Å². The molecule has 0 aromatic heterocycles. The molecule has 1 aliphatic heterocycles. The summed E-state index contributed by atoms with van der Waals surface area (Å²) >= 11 is 0. The van der Waals surface area contributed by atoms with Gasteiger partial charge in [0.2, 0.25) is 0 Å². The molecule has 0 saturated heterocycles. The molecule has 1 aliphatic carbocycles. The zero-order valence-electron chi connectivity index (χ0n) is 16.3. The summed E-state index contributed by atoms with van der Waals surface area (Å²) in [6.07, 6.45) is 4.11. The van der Waals surface area contributed by atoms with E-state index in [0.717, 1.165) is 42.7 Å². The van der Waals surface area contributed by atoms with Crippen molar-refractivity contribution in [3.8, 4) is 5.75 Å². The lowest BCUT2D eigenvalue weighted by Gasteiger charge is -2.36. The summed E-state index contributed by atoms with van der Waals surface area (Å²) in [5.74, 6) is -0.378. The lowest BCUT2D eigenvalue weighted by atomic mass is 9.69. The average molecular weight is 369 g/mol. The number of aliphatic imine (C=N–C) groups is 1. The molecular weight excluding hydrogens is 342 g/mol. The maximum Gasteiger partial charge on any atom is 0.336 e. The van der Waals surface area contributed by atoms with E-state index in [4.69, 9.17) is 9.47 Å². The standard InChI is InChI=1S/C22H27NO4/c1-4-5-13-27-18-12-7-6-9-15(18)20-19(22(25)26-3)14(2)23-16-10-8-11-17(24)21(16)20/h6-7,9,12,20-21H,4-5,8,10-11,13H2,1-3H3. The van der Waals surface area contributed by atoms with Crippen molar-refractivity contribution in [1.82, 2.24) is 0 Å². The fraction of sp³-hybridized carbons (Fsp3) is 0.500. The number of rotatable bonds is 6. The van der Waals surface area contributed by atoms with Gasteiger partial charge < -0.3 is 9.47 Å². The number of ketones is 1. The van der Waals surface area contributed by atoms with Gasteiger partial charge in [0.1, 0.15) is 11.5 Å². The summed E-state index contributed by atoms with van der Waals surface area (Å²) in [6.45, 7) is 4.54. The first-order chi connectivity index (χ1) is 13.1. The van der Waals surface area contributed by atoms with E-state index in [2.05, 4.69) is 11.9 Å². The van der Waals surface area contributed by atoms with Crippen molar-refractivity contribution in [1.29, 1.82) is 0 Å². The first-order valence-electron chi connectivity index (χ1n) is 9.69. The maximum atomic E-state index is 12.9. The molecule has 2 atom stereocenters. The molecule has 1 saturated carbocycles. The minimum absolute atomic E-state index is 0.141. The molecule has 27 heavy (non-hydrogen) atoms. The molecule has 144 valence electrons. The Morgan fingerprint density at radius 2 is 2.00 bits per heavy atom. The Kier molecular flexibility index (Phi) is 6.09. The molecule has 2 unspecified atom stereocenters. The van der Waals surface area contributed by atoms with Gasteiger partial charge in [0, 0.05) is 29.3 Å². The summed E-state index contributed by atoms with van der Waals surface area (Å²) in [5, 5.41) is 0. The molecular formula is C22H27NO4. The zero-order valence-corrected chi connectivity index (χ0v) is 16.3. The van der Waals surface area contributed by atoms with Crippen molar-refractivity contribution in [2.75, 3.05) is 13.7 Å². The van der Waals surface area contributed by atoms with E-state index in [-0.39, 0.29) is 5.78 Å². The summed E-state index contributed by atoms with van der Waals surface area (Å²) in [6, 6.07) is 7.70. The molecule has 0 spiro atoms. The van der Waals surface area contributed by atoms with Gasteiger partial charge in [-0.1, -0.05) is 31.5 Å². The van der Waals surface area contributed by atoms with E-state index in [9.17, 15) is 9.59 Å². The number of benzene rings is 1. The Balaban J connectivity index is 2.11. The van der Waals surface area contributed by atoms with Crippen LogP contribution in [0, 0.1) is 5.92 Å². The molecule has 5 nitrogen and oxygen atoms in total. The largest absolute Gasteiger partial charge is 0.493 e. The number of allylic oxidation sites excluding steroid dienone is 1. The summed E-state index contributed by atoms with van der Waals surface area (Å²) in [5.41, 5.74) is 2.84. The van der Waals surface area contributed by atoms with Crippen LogP contribution in [0.4, 0.5) is 0 Å². The van der Waals surface area contributed by atoms with Crippen molar-refractivity contribution >= 4 is 17.5 Å². The molecule has 1 fully saturated rings. The van der Waals surface area contributed by atoms with Gasteiger partial charge in [-0.2, -0.15) is 0 Å². The van der Waals surface area contributed by atoms with Gasteiger partial charge in [0.15, 0.2) is 0 Å². The summed E-state index contributed by atoms with van der Waals surface area (Å²) < 4.78 is 11.1. The number of Topliss-reactive ketones (excluding diaryl/α,β-unsaturated/α-hetero) is 1. The quantitative estimate of drug-likeness (QED) is 0.556. The smallest absolute Gasteiger partial charge is 0.336 e. The number of esters is 1. The number of fused-ring (bicyclic) bond motifs is 1. The van der Waals surface area contributed by atoms with Gasteiger partial charge in [0.05, 0.1) is 25.2 Å². The van der Waals surface area contributed by atoms with E-state index in [1.54, 1.807) is 0 Å². The van der Waals surface area contributed by atoms with Gasteiger partial charge >= 0.3 is 5.97 Å². The number of methoxy groups -OCH3 is 1. The second kappa shape index (κ2) is 8.51. The molecule has 0 N–H and O–H groups in total. The van der Waals surface area contributed by atoms with E-state index in [1.165, 1.54) is 7.11 Å².